The van der Waals surface area contributed by atoms with Crippen LogP contribution in [-0.4, -0.2) is 18.0 Å². The first-order valence-corrected chi connectivity index (χ1v) is 9.68. The van der Waals surface area contributed by atoms with E-state index in [1.165, 1.54) is 0 Å². The minimum atomic E-state index is -1.05. The number of benzene rings is 1. The molecule has 1 aromatic rings. The third-order valence-electron chi connectivity index (χ3n) is 3.45. The molecule has 0 aliphatic heterocycles. The molecule has 0 radical (unpaired) electrons. The van der Waals surface area contributed by atoms with E-state index in [0.717, 1.165) is 17.1 Å². The molecular weight excluding hydrogens is 613 g/mol. The van der Waals surface area contributed by atoms with Crippen LogP contribution in [0.15, 0.2) is 12.1 Å². The fourth-order valence-corrected chi connectivity index (χ4v) is 4.76. The van der Waals surface area contributed by atoms with Crippen molar-refractivity contribution in [2.45, 2.75) is 31.8 Å². The van der Waals surface area contributed by atoms with E-state index in [1.807, 2.05) is 6.07 Å². The summed E-state index contributed by atoms with van der Waals surface area (Å²) >= 11 is 6.48. The maximum absolute atomic E-state index is 12.3. The van der Waals surface area contributed by atoms with Crippen molar-refractivity contribution in [3.8, 4) is 0 Å². The molecule has 4 nitrogen and oxygen atoms in total. The van der Waals surface area contributed by atoms with Crippen molar-refractivity contribution in [1.82, 2.24) is 0 Å². The van der Waals surface area contributed by atoms with Gasteiger partial charge >= 0.3 is 5.97 Å². The van der Waals surface area contributed by atoms with Gasteiger partial charge in [0.2, 0.25) is 0 Å². The summed E-state index contributed by atoms with van der Waals surface area (Å²) in [6, 6.07) is 3.79. The third kappa shape index (κ3) is 4.66. The topological polar surface area (TPSA) is 66.4 Å². The molecule has 0 spiro atoms. The Morgan fingerprint density at radius 1 is 1.19 bits per heavy atom. The predicted molar refractivity (Wildman–Crippen MR) is 101 cm³/mol. The summed E-state index contributed by atoms with van der Waals surface area (Å²) in [5, 5.41) is 10.9. The van der Waals surface area contributed by atoms with Gasteiger partial charge < -0.3 is 14.6 Å². The van der Waals surface area contributed by atoms with Crippen molar-refractivity contribution in [3.63, 3.8) is 0 Å². The van der Waals surface area contributed by atoms with Crippen LogP contribution >= 0.6 is 67.8 Å². The van der Waals surface area contributed by atoms with Gasteiger partial charge in [-0.25, -0.2) is 4.79 Å². The van der Waals surface area contributed by atoms with Crippen molar-refractivity contribution < 1.29 is 19.4 Å². The third-order valence-corrected chi connectivity index (χ3v) is 7.11. The molecular formula is C14H12I3O4-. The van der Waals surface area contributed by atoms with Crippen molar-refractivity contribution in [2.24, 2.45) is 5.92 Å². The van der Waals surface area contributed by atoms with E-state index < -0.39 is 11.9 Å². The second-order valence-corrected chi connectivity index (χ2v) is 8.45. The Kier molecular flexibility index (Phi) is 6.53. The van der Waals surface area contributed by atoms with Crippen LogP contribution in [0.1, 0.15) is 36.0 Å². The van der Waals surface area contributed by atoms with Gasteiger partial charge in [0.15, 0.2) is 0 Å². The number of ether oxygens (including phenoxy) is 1. The zero-order chi connectivity index (χ0) is 15.6. The van der Waals surface area contributed by atoms with Gasteiger partial charge in [-0.1, -0.05) is 0 Å². The van der Waals surface area contributed by atoms with E-state index in [4.69, 9.17) is 4.74 Å². The van der Waals surface area contributed by atoms with Crippen LogP contribution < -0.4 is 5.11 Å². The lowest BCUT2D eigenvalue weighted by Crippen LogP contribution is -2.37. The van der Waals surface area contributed by atoms with E-state index in [0.29, 0.717) is 24.8 Å². The zero-order valence-corrected chi connectivity index (χ0v) is 17.4. The number of carbonyl (C=O) groups is 2. The molecule has 0 aromatic heterocycles. The molecule has 0 N–H and O–H groups in total. The van der Waals surface area contributed by atoms with Gasteiger partial charge in [0.25, 0.3) is 0 Å². The molecule has 0 heterocycles. The number of carboxylic acids is 1. The summed E-state index contributed by atoms with van der Waals surface area (Å²) in [5.74, 6) is -1.93. The number of esters is 1. The van der Waals surface area contributed by atoms with Crippen LogP contribution in [0.2, 0.25) is 0 Å². The number of carboxylic acid groups (broad SMARTS) is 1. The van der Waals surface area contributed by atoms with Gasteiger partial charge in [-0.2, -0.15) is 0 Å². The second-order valence-electron chi connectivity index (χ2n) is 4.96. The minimum Gasteiger partial charge on any atom is -0.550 e. The first kappa shape index (κ1) is 17.7. The summed E-state index contributed by atoms with van der Waals surface area (Å²) in [5.41, 5.74) is 0.544. The van der Waals surface area contributed by atoms with Crippen LogP contribution in [-0.2, 0) is 9.53 Å². The summed E-state index contributed by atoms with van der Waals surface area (Å²) < 4.78 is 8.35. The van der Waals surface area contributed by atoms with Crippen LogP contribution in [0.4, 0.5) is 0 Å². The van der Waals surface area contributed by atoms with Crippen molar-refractivity contribution in [3.05, 3.63) is 28.4 Å². The summed E-state index contributed by atoms with van der Waals surface area (Å²) in [6.07, 6.45) is 2.09. The Morgan fingerprint density at radius 2 is 1.90 bits per heavy atom. The number of aliphatic carboxylic acids is 1. The Balaban J connectivity index is 2.10. The van der Waals surface area contributed by atoms with Crippen LogP contribution in [0.5, 0.6) is 0 Å². The molecule has 1 fully saturated rings. The Morgan fingerprint density at radius 3 is 2.57 bits per heavy atom. The van der Waals surface area contributed by atoms with E-state index in [2.05, 4.69) is 67.8 Å². The fourth-order valence-electron chi connectivity index (χ4n) is 2.39. The lowest BCUT2D eigenvalue weighted by molar-refractivity contribution is -0.313. The summed E-state index contributed by atoms with van der Waals surface area (Å²) in [4.78, 5) is 23.3. The molecule has 7 heteroatoms. The first-order valence-electron chi connectivity index (χ1n) is 6.45. The van der Waals surface area contributed by atoms with Gasteiger partial charge in [0.05, 0.1) is 5.56 Å². The maximum atomic E-state index is 12.3. The molecule has 1 saturated carbocycles. The Hall–Kier alpha value is 0.350. The van der Waals surface area contributed by atoms with Gasteiger partial charge in [0, 0.05) is 22.6 Å². The van der Waals surface area contributed by atoms with Crippen molar-refractivity contribution in [1.29, 1.82) is 0 Å². The van der Waals surface area contributed by atoms with E-state index in [9.17, 15) is 14.7 Å². The van der Waals surface area contributed by atoms with Gasteiger partial charge in [-0.15, -0.1) is 0 Å². The average molecular weight is 625 g/mol. The van der Waals surface area contributed by atoms with Gasteiger partial charge in [-0.3, -0.25) is 0 Å². The highest BCUT2D eigenvalue weighted by Crippen LogP contribution is 2.28. The van der Waals surface area contributed by atoms with Gasteiger partial charge in [-0.05, 0) is 106 Å². The van der Waals surface area contributed by atoms with Crippen LogP contribution in [0, 0.1) is 16.6 Å². The number of halogens is 3. The molecule has 2 unspecified atom stereocenters. The normalized spacial score (nSPS) is 21.9. The quantitative estimate of drug-likeness (QED) is 0.295. The molecule has 21 heavy (non-hydrogen) atoms. The molecule has 0 amide bonds. The van der Waals surface area contributed by atoms with E-state index >= 15 is 0 Å². The molecule has 1 aromatic carbocycles. The molecule has 114 valence electrons. The minimum absolute atomic E-state index is 0.333. The lowest BCUT2D eigenvalue weighted by Gasteiger charge is -2.29. The predicted octanol–water partition coefficient (Wildman–Crippen LogP) is 2.97. The number of carbonyl (C=O) groups excluding carboxylic acids is 2. The van der Waals surface area contributed by atoms with E-state index in [1.54, 1.807) is 6.07 Å². The molecule has 1 aliphatic carbocycles. The van der Waals surface area contributed by atoms with Crippen LogP contribution in [0.3, 0.4) is 0 Å². The van der Waals surface area contributed by atoms with E-state index in [-0.39, 0.29) is 12.1 Å². The Labute approximate surface area is 163 Å². The highest BCUT2D eigenvalue weighted by molar-refractivity contribution is 14.1. The molecule has 2 atom stereocenters. The molecule has 1 aliphatic rings. The SMILES string of the molecule is O=C(OC1CCCC(C(=O)[O-])C1)c1cc(I)cc(I)c1I. The Bertz CT molecular complexity index is 574. The number of rotatable bonds is 3. The zero-order valence-electron chi connectivity index (χ0n) is 10.9. The maximum Gasteiger partial charge on any atom is 0.339 e. The largest absolute Gasteiger partial charge is 0.550 e. The summed E-state index contributed by atoms with van der Waals surface area (Å²) in [7, 11) is 0. The number of hydrogen-bond donors (Lipinski definition) is 0. The molecule has 0 bridgehead atoms. The monoisotopic (exact) mass is 625 g/mol. The summed E-state index contributed by atoms with van der Waals surface area (Å²) in [6.45, 7) is 0. The smallest absolute Gasteiger partial charge is 0.339 e. The van der Waals surface area contributed by atoms with Crippen molar-refractivity contribution in [2.75, 3.05) is 0 Å². The average Bonchev–Trinajstić information content (AvgIpc) is 2.43. The lowest BCUT2D eigenvalue weighted by atomic mass is 9.87. The first-order chi connectivity index (χ1) is 9.88. The van der Waals surface area contributed by atoms with Crippen molar-refractivity contribution >= 4 is 79.7 Å². The highest BCUT2D eigenvalue weighted by Gasteiger charge is 2.27. The highest BCUT2D eigenvalue weighted by atomic mass is 127. The van der Waals surface area contributed by atoms with Crippen LogP contribution in [0.25, 0.3) is 0 Å². The second kappa shape index (κ2) is 7.75. The standard InChI is InChI=1S/C14H13I3O4/c15-8-5-10(12(17)11(16)6-8)14(20)21-9-3-1-2-7(4-9)13(18)19/h5-7,9H,1-4H2,(H,18,19)/p-1. The fraction of sp³-hybridized carbons (Fsp3) is 0.429. The number of hydrogen-bond acceptors (Lipinski definition) is 4. The molecule has 2 rings (SSSR count). The van der Waals surface area contributed by atoms with Gasteiger partial charge in [0.1, 0.15) is 6.10 Å². The molecule has 0 saturated heterocycles.